The quantitative estimate of drug-likeness (QED) is 0.525. The fourth-order valence-corrected chi connectivity index (χ4v) is 4.07. The Morgan fingerprint density at radius 3 is 2.73 bits per heavy atom. The molecule has 10 nitrogen and oxygen atoms in total. The van der Waals surface area contributed by atoms with Crippen LogP contribution in [0.3, 0.4) is 0 Å². The normalized spacial score (nSPS) is 13.7. The van der Waals surface area contributed by atoms with E-state index < -0.39 is 0 Å². The number of carbonyl (C=O) groups is 2. The third-order valence-corrected chi connectivity index (χ3v) is 5.69. The average Bonchev–Trinajstić information content (AvgIpc) is 3.30. The van der Waals surface area contributed by atoms with Crippen LogP contribution in [0.5, 0.6) is 0 Å². The summed E-state index contributed by atoms with van der Waals surface area (Å²) in [7, 11) is 0. The number of fused-ring (bicyclic) bond motifs is 1. The highest BCUT2D eigenvalue weighted by Crippen LogP contribution is 2.26. The van der Waals surface area contributed by atoms with Crippen molar-refractivity contribution in [1.29, 1.82) is 5.26 Å². The molecule has 0 aliphatic carbocycles. The maximum atomic E-state index is 13.0. The lowest BCUT2D eigenvalue weighted by Crippen LogP contribution is -2.49. The number of nitriles is 1. The fraction of sp³-hybridized carbons (Fsp3) is 0.391. The van der Waals surface area contributed by atoms with E-state index in [4.69, 9.17) is 10.00 Å². The number of hydrogen-bond acceptors (Lipinski definition) is 8. The molecule has 4 rings (SSSR count). The summed E-state index contributed by atoms with van der Waals surface area (Å²) in [4.78, 5) is 37.6. The Morgan fingerprint density at radius 1 is 1.21 bits per heavy atom. The number of rotatable bonds is 6. The van der Waals surface area contributed by atoms with Gasteiger partial charge in [0.25, 0.3) is 11.7 Å². The lowest BCUT2D eigenvalue weighted by molar-refractivity contribution is -0.143. The topological polar surface area (TPSA) is 117 Å². The van der Waals surface area contributed by atoms with Crippen molar-refractivity contribution in [2.75, 3.05) is 37.7 Å². The molecule has 3 heterocycles. The summed E-state index contributed by atoms with van der Waals surface area (Å²) >= 11 is 0. The van der Waals surface area contributed by atoms with Gasteiger partial charge in [-0.2, -0.15) is 19.9 Å². The number of carbonyl (C=O) groups excluding carboxylic acids is 2. The first-order chi connectivity index (χ1) is 16.0. The van der Waals surface area contributed by atoms with E-state index in [1.54, 1.807) is 40.6 Å². The maximum Gasteiger partial charge on any atom is 0.306 e. The van der Waals surface area contributed by atoms with Crippen LogP contribution in [-0.2, 0) is 16.0 Å². The summed E-state index contributed by atoms with van der Waals surface area (Å²) in [6.45, 7) is 6.26. The van der Waals surface area contributed by atoms with Gasteiger partial charge < -0.3 is 14.5 Å². The largest absolute Gasteiger partial charge is 0.466 e. The van der Waals surface area contributed by atoms with Gasteiger partial charge in [0.15, 0.2) is 0 Å². The highest BCUT2D eigenvalue weighted by Gasteiger charge is 2.27. The third-order valence-electron chi connectivity index (χ3n) is 5.69. The smallest absolute Gasteiger partial charge is 0.306 e. The molecule has 0 spiro atoms. The van der Waals surface area contributed by atoms with E-state index in [1.807, 2.05) is 6.92 Å². The first kappa shape index (κ1) is 22.2. The van der Waals surface area contributed by atoms with Crippen LogP contribution >= 0.6 is 0 Å². The second-order valence-corrected chi connectivity index (χ2v) is 7.75. The number of esters is 1. The first-order valence-electron chi connectivity index (χ1n) is 10.9. The zero-order valence-corrected chi connectivity index (χ0v) is 18.7. The highest BCUT2D eigenvalue weighted by molar-refractivity contribution is 5.94. The van der Waals surface area contributed by atoms with Crippen molar-refractivity contribution in [3.8, 4) is 6.07 Å². The molecule has 2 aromatic heterocycles. The zero-order valence-electron chi connectivity index (χ0n) is 18.7. The van der Waals surface area contributed by atoms with Crippen LogP contribution in [0, 0.1) is 18.3 Å². The molecule has 0 bridgehead atoms. The molecule has 0 atom stereocenters. The zero-order chi connectivity index (χ0) is 23.4. The standard InChI is InChI=1S/C23H25N7O3/c1-3-33-20(31)8-7-19-16(2)27-23-25-15-26-30(23)21(19)28-9-11-29(12-10-28)22(32)18-6-4-5-17(13-18)14-24/h4-6,13,15H,3,7-12H2,1-2H3. The Morgan fingerprint density at radius 2 is 2.00 bits per heavy atom. The molecular formula is C23H25N7O3. The van der Waals surface area contributed by atoms with Crippen molar-refractivity contribution in [3.05, 3.63) is 53.0 Å². The Balaban J connectivity index is 1.55. The Kier molecular flexibility index (Phi) is 6.49. The van der Waals surface area contributed by atoms with Crippen molar-refractivity contribution in [2.45, 2.75) is 26.7 Å². The molecule has 1 amide bonds. The summed E-state index contributed by atoms with van der Waals surface area (Å²) in [5.41, 5.74) is 2.69. The van der Waals surface area contributed by atoms with Gasteiger partial charge in [-0.05, 0) is 38.5 Å². The van der Waals surface area contributed by atoms with Gasteiger partial charge in [0.1, 0.15) is 12.1 Å². The summed E-state index contributed by atoms with van der Waals surface area (Å²) in [6, 6.07) is 8.83. The second-order valence-electron chi connectivity index (χ2n) is 7.75. The van der Waals surface area contributed by atoms with Crippen LogP contribution in [0.4, 0.5) is 5.82 Å². The lowest BCUT2D eigenvalue weighted by Gasteiger charge is -2.37. The van der Waals surface area contributed by atoms with Gasteiger partial charge in [0.2, 0.25) is 0 Å². The lowest BCUT2D eigenvalue weighted by atomic mass is 10.1. The molecule has 1 aliphatic rings. The SMILES string of the molecule is CCOC(=O)CCc1c(C)nc2ncnn2c1N1CCN(C(=O)c2cccc(C#N)c2)CC1. The van der Waals surface area contributed by atoms with Crippen molar-refractivity contribution in [3.63, 3.8) is 0 Å². The molecule has 170 valence electrons. The minimum absolute atomic E-state index is 0.0916. The molecule has 0 radical (unpaired) electrons. The first-order valence-corrected chi connectivity index (χ1v) is 10.9. The molecule has 0 saturated carbocycles. The van der Waals surface area contributed by atoms with E-state index in [1.165, 1.54) is 6.33 Å². The highest BCUT2D eigenvalue weighted by atomic mass is 16.5. The van der Waals surface area contributed by atoms with E-state index in [9.17, 15) is 9.59 Å². The second kappa shape index (κ2) is 9.65. The number of nitrogens with zero attached hydrogens (tertiary/aromatic N) is 7. The van der Waals surface area contributed by atoms with Crippen molar-refractivity contribution >= 4 is 23.5 Å². The van der Waals surface area contributed by atoms with E-state index >= 15 is 0 Å². The number of aryl methyl sites for hydroxylation is 1. The molecule has 1 aromatic carbocycles. The van der Waals surface area contributed by atoms with Gasteiger partial charge in [-0.25, -0.2) is 4.98 Å². The average molecular weight is 447 g/mol. The Labute approximate surface area is 191 Å². The van der Waals surface area contributed by atoms with Crippen molar-refractivity contribution < 1.29 is 14.3 Å². The molecular weight excluding hydrogens is 422 g/mol. The third kappa shape index (κ3) is 4.62. The van der Waals surface area contributed by atoms with Crippen LogP contribution in [0.1, 0.15) is 40.5 Å². The summed E-state index contributed by atoms with van der Waals surface area (Å²) in [5, 5.41) is 13.5. The number of aromatic nitrogens is 4. The summed E-state index contributed by atoms with van der Waals surface area (Å²) in [6.07, 6.45) is 2.18. The van der Waals surface area contributed by atoms with E-state index in [0.717, 1.165) is 17.1 Å². The number of piperazine rings is 1. The minimum atomic E-state index is -0.253. The van der Waals surface area contributed by atoms with Crippen LogP contribution in [0.2, 0.25) is 0 Å². The van der Waals surface area contributed by atoms with E-state index in [2.05, 4.69) is 26.0 Å². The summed E-state index contributed by atoms with van der Waals surface area (Å²) < 4.78 is 6.78. The number of amides is 1. The molecule has 1 saturated heterocycles. The minimum Gasteiger partial charge on any atom is -0.466 e. The van der Waals surface area contributed by atoms with Gasteiger partial charge in [0, 0.05) is 49.4 Å². The van der Waals surface area contributed by atoms with Crippen LogP contribution in [-0.4, -0.2) is 69.1 Å². The monoisotopic (exact) mass is 447 g/mol. The summed E-state index contributed by atoms with van der Waals surface area (Å²) in [5.74, 6) is 0.995. The number of benzene rings is 1. The number of ether oxygens (including phenoxy) is 1. The van der Waals surface area contributed by atoms with Crippen LogP contribution in [0.25, 0.3) is 5.78 Å². The molecule has 1 fully saturated rings. The van der Waals surface area contributed by atoms with E-state index in [0.29, 0.717) is 56.1 Å². The molecule has 1 aliphatic heterocycles. The van der Waals surface area contributed by atoms with Gasteiger partial charge in [-0.3, -0.25) is 9.59 Å². The molecule has 0 unspecified atom stereocenters. The number of anilines is 1. The van der Waals surface area contributed by atoms with E-state index in [-0.39, 0.29) is 18.3 Å². The van der Waals surface area contributed by atoms with Gasteiger partial charge in [0.05, 0.1) is 18.2 Å². The molecule has 3 aromatic rings. The van der Waals surface area contributed by atoms with Crippen LogP contribution in [0.15, 0.2) is 30.6 Å². The van der Waals surface area contributed by atoms with Crippen molar-refractivity contribution in [2.24, 2.45) is 0 Å². The maximum absolute atomic E-state index is 13.0. The molecule has 10 heteroatoms. The van der Waals surface area contributed by atoms with Gasteiger partial charge >= 0.3 is 5.97 Å². The molecule has 33 heavy (non-hydrogen) atoms. The Bertz CT molecular complexity index is 1220. The van der Waals surface area contributed by atoms with Crippen LogP contribution < -0.4 is 4.90 Å². The number of hydrogen-bond donors (Lipinski definition) is 0. The van der Waals surface area contributed by atoms with Gasteiger partial charge in [-0.15, -0.1) is 0 Å². The Hall–Kier alpha value is -4.00. The predicted molar refractivity (Wildman–Crippen MR) is 120 cm³/mol. The van der Waals surface area contributed by atoms with Crippen molar-refractivity contribution in [1.82, 2.24) is 24.5 Å². The van der Waals surface area contributed by atoms with Gasteiger partial charge in [-0.1, -0.05) is 6.07 Å². The predicted octanol–water partition coefficient (Wildman–Crippen LogP) is 1.76. The fourth-order valence-electron chi connectivity index (χ4n) is 4.07. The molecule has 0 N–H and O–H groups in total.